The van der Waals surface area contributed by atoms with Crippen molar-refractivity contribution >= 4 is 0 Å². The van der Waals surface area contributed by atoms with E-state index in [1.165, 1.54) is 0 Å². The SMILES string of the molecule is NC1(CO/C=C2/CO2)CCCOC1. The van der Waals surface area contributed by atoms with Crippen LogP contribution in [0.4, 0.5) is 0 Å². The van der Waals surface area contributed by atoms with Gasteiger partial charge in [0.25, 0.3) is 0 Å². The van der Waals surface area contributed by atoms with Crippen molar-refractivity contribution in [2.24, 2.45) is 5.73 Å². The maximum Gasteiger partial charge on any atom is 0.168 e. The second kappa shape index (κ2) is 3.55. The summed E-state index contributed by atoms with van der Waals surface area (Å²) in [5, 5.41) is 0. The van der Waals surface area contributed by atoms with E-state index in [1.54, 1.807) is 6.26 Å². The van der Waals surface area contributed by atoms with Crippen molar-refractivity contribution < 1.29 is 14.2 Å². The number of hydrogen-bond donors (Lipinski definition) is 1. The van der Waals surface area contributed by atoms with Gasteiger partial charge in [0.05, 0.1) is 12.1 Å². The van der Waals surface area contributed by atoms with E-state index in [1.807, 2.05) is 0 Å². The van der Waals surface area contributed by atoms with Crippen LogP contribution < -0.4 is 5.73 Å². The molecule has 2 heterocycles. The van der Waals surface area contributed by atoms with E-state index in [9.17, 15) is 0 Å². The molecule has 0 aromatic rings. The van der Waals surface area contributed by atoms with Crippen LogP contribution in [-0.2, 0) is 14.2 Å². The number of ether oxygens (including phenoxy) is 3. The van der Waals surface area contributed by atoms with Gasteiger partial charge in [-0.15, -0.1) is 0 Å². The molecule has 2 aliphatic rings. The van der Waals surface area contributed by atoms with E-state index in [4.69, 9.17) is 19.9 Å². The summed E-state index contributed by atoms with van der Waals surface area (Å²) in [7, 11) is 0. The molecule has 2 rings (SSSR count). The van der Waals surface area contributed by atoms with Crippen LogP contribution in [0.5, 0.6) is 0 Å². The highest BCUT2D eigenvalue weighted by atomic mass is 16.6. The Bertz CT molecular complexity index is 203. The van der Waals surface area contributed by atoms with E-state index in [-0.39, 0.29) is 5.54 Å². The summed E-state index contributed by atoms with van der Waals surface area (Å²) < 4.78 is 15.5. The predicted octanol–water partition coefficient (Wildman–Crippen LogP) is 0.382. The van der Waals surface area contributed by atoms with E-state index in [2.05, 4.69) is 0 Å². The Morgan fingerprint density at radius 2 is 2.46 bits per heavy atom. The zero-order valence-electron chi connectivity index (χ0n) is 7.62. The quantitative estimate of drug-likeness (QED) is 0.510. The highest BCUT2D eigenvalue weighted by Crippen LogP contribution is 2.18. The third kappa shape index (κ3) is 2.60. The molecule has 1 unspecified atom stereocenters. The van der Waals surface area contributed by atoms with E-state index in [0.717, 1.165) is 25.2 Å². The molecule has 2 N–H and O–H groups in total. The Morgan fingerprint density at radius 3 is 3.08 bits per heavy atom. The number of epoxide rings is 1. The summed E-state index contributed by atoms with van der Waals surface area (Å²) in [6, 6.07) is 0. The third-order valence-electron chi connectivity index (χ3n) is 2.25. The summed E-state index contributed by atoms with van der Waals surface area (Å²) in [6.07, 6.45) is 3.63. The minimum Gasteiger partial charge on any atom is -0.496 e. The first-order valence-corrected chi connectivity index (χ1v) is 4.59. The third-order valence-corrected chi connectivity index (χ3v) is 2.25. The van der Waals surface area contributed by atoms with Crippen molar-refractivity contribution in [2.45, 2.75) is 18.4 Å². The Labute approximate surface area is 77.6 Å². The molecule has 0 spiro atoms. The summed E-state index contributed by atoms with van der Waals surface area (Å²) >= 11 is 0. The maximum atomic E-state index is 6.05. The minimum atomic E-state index is -0.301. The summed E-state index contributed by atoms with van der Waals surface area (Å²) in [4.78, 5) is 0. The van der Waals surface area contributed by atoms with Gasteiger partial charge in [-0.05, 0) is 12.8 Å². The van der Waals surface area contributed by atoms with E-state index >= 15 is 0 Å². The van der Waals surface area contributed by atoms with E-state index < -0.39 is 0 Å². The fourth-order valence-corrected chi connectivity index (χ4v) is 1.40. The van der Waals surface area contributed by atoms with Crippen LogP contribution in [0, 0.1) is 0 Å². The number of rotatable bonds is 3. The molecule has 0 aliphatic carbocycles. The standard InChI is InChI=1S/C9H15NO3/c10-9(2-1-3-11-6-9)7-12-4-8-5-13-8/h4H,1-3,5-7,10H2/b8-4-. The van der Waals surface area contributed by atoms with Gasteiger partial charge in [0.1, 0.15) is 19.5 Å². The molecule has 1 atom stereocenters. The lowest BCUT2D eigenvalue weighted by atomic mass is 9.95. The molecular weight excluding hydrogens is 170 g/mol. The largest absolute Gasteiger partial charge is 0.496 e. The first kappa shape index (κ1) is 8.84. The van der Waals surface area contributed by atoms with Crippen molar-refractivity contribution in [3.05, 3.63) is 12.0 Å². The van der Waals surface area contributed by atoms with Crippen molar-refractivity contribution in [3.63, 3.8) is 0 Å². The normalized spacial score (nSPS) is 35.6. The molecule has 2 saturated heterocycles. The van der Waals surface area contributed by atoms with Gasteiger partial charge in [0, 0.05) is 6.61 Å². The molecule has 0 amide bonds. The van der Waals surface area contributed by atoms with Crippen LogP contribution in [0.3, 0.4) is 0 Å². The molecule has 2 aliphatic heterocycles. The first-order valence-electron chi connectivity index (χ1n) is 4.59. The monoisotopic (exact) mass is 185 g/mol. The Balaban J connectivity index is 1.74. The fraction of sp³-hybridized carbons (Fsp3) is 0.778. The van der Waals surface area contributed by atoms with Crippen LogP contribution in [0.15, 0.2) is 12.0 Å². The maximum absolute atomic E-state index is 6.05. The molecular formula is C9H15NO3. The fourth-order valence-electron chi connectivity index (χ4n) is 1.40. The topological polar surface area (TPSA) is 57.0 Å². The van der Waals surface area contributed by atoms with Gasteiger partial charge in [0.15, 0.2) is 5.76 Å². The molecule has 13 heavy (non-hydrogen) atoms. The lowest BCUT2D eigenvalue weighted by molar-refractivity contribution is 0.00801. The average molecular weight is 185 g/mol. The van der Waals surface area contributed by atoms with Gasteiger partial charge in [0.2, 0.25) is 0 Å². The average Bonchev–Trinajstić information content (AvgIpc) is 2.89. The highest BCUT2D eigenvalue weighted by Gasteiger charge is 2.29. The lowest BCUT2D eigenvalue weighted by Crippen LogP contribution is -2.50. The molecule has 4 nitrogen and oxygen atoms in total. The molecule has 0 radical (unpaired) electrons. The first-order chi connectivity index (χ1) is 6.29. The predicted molar refractivity (Wildman–Crippen MR) is 47.0 cm³/mol. The zero-order valence-corrected chi connectivity index (χ0v) is 7.62. The summed E-state index contributed by atoms with van der Waals surface area (Å²) in [6.45, 7) is 2.63. The van der Waals surface area contributed by atoms with Gasteiger partial charge >= 0.3 is 0 Å². The van der Waals surface area contributed by atoms with Crippen molar-refractivity contribution in [2.75, 3.05) is 26.4 Å². The Hall–Kier alpha value is -0.740. The minimum absolute atomic E-state index is 0.301. The molecule has 2 fully saturated rings. The van der Waals surface area contributed by atoms with Crippen LogP contribution >= 0.6 is 0 Å². The van der Waals surface area contributed by atoms with Gasteiger partial charge in [-0.3, -0.25) is 0 Å². The van der Waals surface area contributed by atoms with Crippen molar-refractivity contribution in [1.82, 2.24) is 0 Å². The number of hydrogen-bond acceptors (Lipinski definition) is 4. The molecule has 74 valence electrons. The number of nitrogens with two attached hydrogens (primary N) is 1. The molecule has 0 aromatic heterocycles. The van der Waals surface area contributed by atoms with Crippen LogP contribution in [-0.4, -0.2) is 32.0 Å². The smallest absolute Gasteiger partial charge is 0.168 e. The summed E-state index contributed by atoms with van der Waals surface area (Å²) in [5.74, 6) is 0.903. The molecule has 0 bridgehead atoms. The zero-order chi connectivity index (χ0) is 9.15. The van der Waals surface area contributed by atoms with Crippen LogP contribution in [0.1, 0.15) is 12.8 Å². The van der Waals surface area contributed by atoms with Crippen molar-refractivity contribution in [1.29, 1.82) is 0 Å². The van der Waals surface area contributed by atoms with Gasteiger partial charge in [-0.1, -0.05) is 0 Å². The van der Waals surface area contributed by atoms with Crippen molar-refractivity contribution in [3.8, 4) is 0 Å². The van der Waals surface area contributed by atoms with E-state index in [0.29, 0.717) is 19.8 Å². The van der Waals surface area contributed by atoms with Gasteiger partial charge in [-0.25, -0.2) is 0 Å². The highest BCUT2D eigenvalue weighted by molar-refractivity contribution is 5.00. The van der Waals surface area contributed by atoms with Gasteiger partial charge in [-0.2, -0.15) is 0 Å². The summed E-state index contributed by atoms with van der Waals surface area (Å²) in [5.41, 5.74) is 5.74. The van der Waals surface area contributed by atoms with Crippen LogP contribution in [0.2, 0.25) is 0 Å². The van der Waals surface area contributed by atoms with Crippen LogP contribution in [0.25, 0.3) is 0 Å². The second-order valence-electron chi connectivity index (χ2n) is 3.70. The Kier molecular flexibility index (Phi) is 2.42. The molecule has 0 aromatic carbocycles. The second-order valence-corrected chi connectivity index (χ2v) is 3.70. The molecule has 0 saturated carbocycles. The molecule has 4 heteroatoms. The Morgan fingerprint density at radius 1 is 1.62 bits per heavy atom. The lowest BCUT2D eigenvalue weighted by Gasteiger charge is -2.32. The van der Waals surface area contributed by atoms with Gasteiger partial charge < -0.3 is 19.9 Å².